The van der Waals surface area contributed by atoms with Crippen LogP contribution in [-0.4, -0.2) is 46.5 Å². The van der Waals surface area contributed by atoms with Crippen LogP contribution < -0.4 is 0 Å². The number of thiophene rings is 1. The third-order valence-corrected chi connectivity index (χ3v) is 5.35. The standard InChI is InChI=1S/C15H20N2O3S/c18-14(19)8-11-2-1-5-16(9-11)15(20)17-6-3-13-12(10-17)4-7-21-13/h4,7,11H,1-3,5-6,8-10H2,(H,18,19). The Morgan fingerprint density at radius 3 is 3.00 bits per heavy atom. The Balaban J connectivity index is 1.61. The first-order chi connectivity index (χ1) is 10.1. The van der Waals surface area contributed by atoms with E-state index in [0.29, 0.717) is 13.1 Å². The first-order valence-electron chi connectivity index (χ1n) is 7.44. The molecule has 114 valence electrons. The molecule has 1 N–H and O–H groups in total. The van der Waals surface area contributed by atoms with Crippen LogP contribution in [0.1, 0.15) is 29.7 Å². The fourth-order valence-electron chi connectivity index (χ4n) is 3.26. The molecule has 2 aliphatic heterocycles. The predicted molar refractivity (Wildman–Crippen MR) is 80.4 cm³/mol. The first-order valence-corrected chi connectivity index (χ1v) is 8.32. The van der Waals surface area contributed by atoms with Gasteiger partial charge in [0.15, 0.2) is 0 Å². The molecular formula is C15H20N2O3S. The maximum Gasteiger partial charge on any atom is 0.320 e. The molecule has 0 radical (unpaired) electrons. The highest BCUT2D eigenvalue weighted by atomic mass is 32.1. The van der Waals surface area contributed by atoms with E-state index in [0.717, 1.165) is 32.4 Å². The zero-order valence-electron chi connectivity index (χ0n) is 12.0. The third-order valence-electron chi connectivity index (χ3n) is 4.33. The summed E-state index contributed by atoms with van der Waals surface area (Å²) in [5.74, 6) is -0.670. The Hall–Kier alpha value is -1.56. The number of nitrogens with zero attached hydrogens (tertiary/aromatic N) is 2. The number of likely N-dealkylation sites (tertiary alicyclic amines) is 1. The summed E-state index contributed by atoms with van der Waals surface area (Å²) < 4.78 is 0. The van der Waals surface area contributed by atoms with Gasteiger partial charge in [-0.3, -0.25) is 4.79 Å². The van der Waals surface area contributed by atoms with Gasteiger partial charge in [-0.1, -0.05) is 0 Å². The van der Waals surface area contributed by atoms with Gasteiger partial charge in [-0.05, 0) is 42.2 Å². The second-order valence-electron chi connectivity index (χ2n) is 5.88. The van der Waals surface area contributed by atoms with Crippen LogP contribution >= 0.6 is 11.3 Å². The molecule has 3 rings (SSSR count). The number of hydrogen-bond donors (Lipinski definition) is 1. The summed E-state index contributed by atoms with van der Waals surface area (Å²) in [6.45, 7) is 2.80. The number of carboxylic acids is 1. The van der Waals surface area contributed by atoms with Crippen LogP contribution in [0, 0.1) is 5.92 Å². The average Bonchev–Trinajstić information content (AvgIpc) is 2.93. The molecule has 3 heterocycles. The van der Waals surface area contributed by atoms with Gasteiger partial charge >= 0.3 is 12.0 Å². The van der Waals surface area contributed by atoms with Crippen molar-refractivity contribution >= 4 is 23.3 Å². The minimum absolute atomic E-state index is 0.0712. The maximum absolute atomic E-state index is 12.6. The molecular weight excluding hydrogens is 288 g/mol. The van der Waals surface area contributed by atoms with Crippen molar-refractivity contribution in [1.29, 1.82) is 0 Å². The molecule has 1 fully saturated rings. The number of carboxylic acid groups (broad SMARTS) is 1. The number of carbonyl (C=O) groups excluding carboxylic acids is 1. The van der Waals surface area contributed by atoms with E-state index in [1.165, 1.54) is 10.4 Å². The Labute approximate surface area is 128 Å². The lowest BCUT2D eigenvalue weighted by Gasteiger charge is -2.37. The van der Waals surface area contributed by atoms with Crippen molar-refractivity contribution in [1.82, 2.24) is 9.80 Å². The highest BCUT2D eigenvalue weighted by Gasteiger charge is 2.30. The molecule has 2 amide bonds. The third kappa shape index (κ3) is 3.20. The zero-order chi connectivity index (χ0) is 14.8. The lowest BCUT2D eigenvalue weighted by molar-refractivity contribution is -0.138. The maximum atomic E-state index is 12.6. The lowest BCUT2D eigenvalue weighted by Crippen LogP contribution is -2.49. The quantitative estimate of drug-likeness (QED) is 0.912. The van der Waals surface area contributed by atoms with E-state index in [9.17, 15) is 9.59 Å². The van der Waals surface area contributed by atoms with E-state index in [2.05, 4.69) is 11.4 Å². The van der Waals surface area contributed by atoms with Gasteiger partial charge in [-0.25, -0.2) is 4.79 Å². The number of piperidine rings is 1. The summed E-state index contributed by atoms with van der Waals surface area (Å²) in [4.78, 5) is 28.6. The minimum atomic E-state index is -0.768. The number of amides is 2. The summed E-state index contributed by atoms with van der Waals surface area (Å²) in [7, 11) is 0. The van der Waals surface area contributed by atoms with Crippen molar-refractivity contribution in [3.05, 3.63) is 21.9 Å². The van der Waals surface area contributed by atoms with E-state index in [-0.39, 0.29) is 18.4 Å². The van der Waals surface area contributed by atoms with Crippen LogP contribution in [0.2, 0.25) is 0 Å². The number of urea groups is 1. The largest absolute Gasteiger partial charge is 0.481 e. The Morgan fingerprint density at radius 1 is 1.33 bits per heavy atom. The molecule has 0 spiro atoms. The van der Waals surface area contributed by atoms with Gasteiger partial charge in [0.2, 0.25) is 0 Å². The van der Waals surface area contributed by atoms with Gasteiger partial charge in [-0.15, -0.1) is 11.3 Å². The highest BCUT2D eigenvalue weighted by Crippen LogP contribution is 2.26. The lowest BCUT2D eigenvalue weighted by atomic mass is 9.95. The summed E-state index contributed by atoms with van der Waals surface area (Å²) in [5, 5.41) is 11.0. The van der Waals surface area contributed by atoms with E-state index in [1.54, 1.807) is 11.3 Å². The second-order valence-corrected chi connectivity index (χ2v) is 6.88. The van der Waals surface area contributed by atoms with Gasteiger partial charge < -0.3 is 14.9 Å². The van der Waals surface area contributed by atoms with Crippen LogP contribution in [0.3, 0.4) is 0 Å². The van der Waals surface area contributed by atoms with E-state index >= 15 is 0 Å². The first kappa shape index (κ1) is 14.4. The van der Waals surface area contributed by atoms with Crippen molar-refractivity contribution in [2.45, 2.75) is 32.2 Å². The molecule has 1 unspecified atom stereocenters. The molecule has 1 aromatic heterocycles. The molecule has 21 heavy (non-hydrogen) atoms. The molecule has 0 aliphatic carbocycles. The summed E-state index contributed by atoms with van der Waals surface area (Å²) in [5.41, 5.74) is 1.26. The second kappa shape index (κ2) is 6.05. The Kier molecular flexibility index (Phi) is 4.14. The molecule has 1 aromatic rings. The SMILES string of the molecule is O=C(O)CC1CCCN(C(=O)N2CCc3sccc3C2)C1. The molecule has 6 heteroatoms. The summed E-state index contributed by atoms with van der Waals surface area (Å²) in [6.07, 6.45) is 2.91. The number of rotatable bonds is 2. The van der Waals surface area contributed by atoms with Crippen LogP contribution in [0.25, 0.3) is 0 Å². The number of carbonyl (C=O) groups is 2. The van der Waals surface area contributed by atoms with Crippen molar-refractivity contribution in [3.8, 4) is 0 Å². The van der Waals surface area contributed by atoms with E-state index in [1.807, 2.05) is 9.80 Å². The Morgan fingerprint density at radius 2 is 2.19 bits per heavy atom. The molecule has 2 aliphatic rings. The molecule has 5 nitrogen and oxygen atoms in total. The van der Waals surface area contributed by atoms with Crippen LogP contribution in [-0.2, 0) is 17.8 Å². The van der Waals surface area contributed by atoms with Gasteiger partial charge in [0.1, 0.15) is 0 Å². The average molecular weight is 308 g/mol. The number of fused-ring (bicyclic) bond motifs is 1. The number of hydrogen-bond acceptors (Lipinski definition) is 3. The van der Waals surface area contributed by atoms with Crippen molar-refractivity contribution in [2.75, 3.05) is 19.6 Å². The van der Waals surface area contributed by atoms with Gasteiger partial charge in [0.05, 0.1) is 0 Å². The van der Waals surface area contributed by atoms with Crippen LogP contribution in [0.15, 0.2) is 11.4 Å². The highest BCUT2D eigenvalue weighted by molar-refractivity contribution is 7.10. The van der Waals surface area contributed by atoms with Crippen molar-refractivity contribution in [3.63, 3.8) is 0 Å². The van der Waals surface area contributed by atoms with Gasteiger partial charge in [0.25, 0.3) is 0 Å². The molecule has 0 aromatic carbocycles. The van der Waals surface area contributed by atoms with E-state index < -0.39 is 5.97 Å². The summed E-state index contributed by atoms with van der Waals surface area (Å²) in [6, 6.07) is 2.17. The number of aliphatic carboxylic acids is 1. The van der Waals surface area contributed by atoms with Crippen LogP contribution in [0.4, 0.5) is 4.79 Å². The van der Waals surface area contributed by atoms with Crippen molar-refractivity contribution in [2.24, 2.45) is 5.92 Å². The van der Waals surface area contributed by atoms with E-state index in [4.69, 9.17) is 5.11 Å². The van der Waals surface area contributed by atoms with Gasteiger partial charge in [0, 0.05) is 37.5 Å². The Bertz CT molecular complexity index is 543. The monoisotopic (exact) mass is 308 g/mol. The molecule has 0 bridgehead atoms. The smallest absolute Gasteiger partial charge is 0.320 e. The molecule has 0 saturated carbocycles. The topological polar surface area (TPSA) is 60.9 Å². The zero-order valence-corrected chi connectivity index (χ0v) is 12.8. The van der Waals surface area contributed by atoms with Crippen molar-refractivity contribution < 1.29 is 14.7 Å². The fraction of sp³-hybridized carbons (Fsp3) is 0.600. The minimum Gasteiger partial charge on any atom is -0.481 e. The molecule has 1 atom stereocenters. The van der Waals surface area contributed by atoms with Crippen LogP contribution in [0.5, 0.6) is 0 Å². The molecule has 1 saturated heterocycles. The predicted octanol–water partition coefficient (Wildman–Crippen LogP) is 2.41. The summed E-state index contributed by atoms with van der Waals surface area (Å²) >= 11 is 1.77. The van der Waals surface area contributed by atoms with Gasteiger partial charge in [-0.2, -0.15) is 0 Å². The fourth-order valence-corrected chi connectivity index (χ4v) is 4.15. The normalized spacial score (nSPS) is 22.0.